The Bertz CT molecular complexity index is 619. The van der Waals surface area contributed by atoms with E-state index in [0.29, 0.717) is 29.6 Å². The molecule has 106 valence electrons. The average Bonchev–Trinajstić information content (AvgIpc) is 2.88. The third-order valence-electron chi connectivity index (χ3n) is 3.24. The van der Waals surface area contributed by atoms with Crippen molar-refractivity contribution in [2.24, 2.45) is 0 Å². The van der Waals surface area contributed by atoms with Crippen molar-refractivity contribution in [2.75, 3.05) is 18.0 Å². The van der Waals surface area contributed by atoms with Gasteiger partial charge in [-0.2, -0.15) is 10.1 Å². The number of H-pyrrole nitrogens is 2. The summed E-state index contributed by atoms with van der Waals surface area (Å²) >= 11 is 0. The molecule has 0 spiro atoms. The largest absolute Gasteiger partial charge is 0.336 e. The molecule has 8 heteroatoms. The van der Waals surface area contributed by atoms with Crippen molar-refractivity contribution in [3.63, 3.8) is 0 Å². The van der Waals surface area contributed by atoms with Gasteiger partial charge >= 0.3 is 0 Å². The summed E-state index contributed by atoms with van der Waals surface area (Å²) in [5.74, 6) is 1.21. The zero-order valence-corrected chi connectivity index (χ0v) is 11.4. The van der Waals surface area contributed by atoms with Crippen LogP contribution in [0, 0.1) is 0 Å². The summed E-state index contributed by atoms with van der Waals surface area (Å²) in [5, 5.41) is 16.9. The highest BCUT2D eigenvalue weighted by Crippen LogP contribution is 2.16. The molecule has 3 rings (SSSR count). The lowest BCUT2D eigenvalue weighted by Crippen LogP contribution is -2.54. The minimum absolute atomic E-state index is 0.238. The van der Waals surface area contributed by atoms with Crippen LogP contribution < -0.4 is 15.8 Å². The van der Waals surface area contributed by atoms with Crippen LogP contribution in [0.1, 0.15) is 13.8 Å². The van der Waals surface area contributed by atoms with Crippen LogP contribution in [0.4, 0.5) is 5.95 Å². The Labute approximate surface area is 115 Å². The molecule has 0 aliphatic carbocycles. The van der Waals surface area contributed by atoms with Crippen molar-refractivity contribution in [2.45, 2.75) is 25.9 Å². The van der Waals surface area contributed by atoms with Gasteiger partial charge in [0.1, 0.15) is 5.69 Å². The van der Waals surface area contributed by atoms with Crippen LogP contribution in [0.25, 0.3) is 11.5 Å². The molecule has 1 aliphatic rings. The lowest BCUT2D eigenvalue weighted by Gasteiger charge is -2.35. The maximum atomic E-state index is 11.0. The van der Waals surface area contributed by atoms with Crippen LogP contribution in [0.5, 0.6) is 0 Å². The van der Waals surface area contributed by atoms with Crippen LogP contribution >= 0.6 is 0 Å². The number of rotatable bonds is 2. The van der Waals surface area contributed by atoms with Gasteiger partial charge in [0.15, 0.2) is 5.82 Å². The van der Waals surface area contributed by atoms with E-state index in [2.05, 4.69) is 49.4 Å². The van der Waals surface area contributed by atoms with Gasteiger partial charge in [0.05, 0.1) is 0 Å². The first-order valence-corrected chi connectivity index (χ1v) is 6.61. The second kappa shape index (κ2) is 5.04. The molecule has 2 unspecified atom stereocenters. The van der Waals surface area contributed by atoms with E-state index in [1.54, 1.807) is 6.07 Å². The number of anilines is 1. The molecule has 0 aromatic carbocycles. The number of hydrogen-bond donors (Lipinski definition) is 3. The van der Waals surface area contributed by atoms with Gasteiger partial charge in [0.25, 0.3) is 5.56 Å². The predicted molar refractivity (Wildman–Crippen MR) is 74.5 cm³/mol. The zero-order valence-electron chi connectivity index (χ0n) is 11.4. The van der Waals surface area contributed by atoms with E-state index in [1.807, 2.05) is 0 Å². The number of piperazine rings is 1. The molecule has 2 aromatic heterocycles. The van der Waals surface area contributed by atoms with Crippen molar-refractivity contribution in [1.29, 1.82) is 0 Å². The standard InChI is InChI=1S/C12H17N7O/c1-7-5-19(6-8(2)13-7)12-14-11(17-18-12)9-3-4-10(20)16-15-9/h3-4,7-8,13H,5-6H2,1-2H3,(H,16,20)(H,14,17,18). The first kappa shape index (κ1) is 12.8. The first-order valence-electron chi connectivity index (χ1n) is 6.61. The van der Waals surface area contributed by atoms with Gasteiger partial charge < -0.3 is 10.2 Å². The molecule has 2 aromatic rings. The number of nitrogens with one attached hydrogen (secondary N) is 3. The monoisotopic (exact) mass is 275 g/mol. The van der Waals surface area contributed by atoms with E-state index >= 15 is 0 Å². The van der Waals surface area contributed by atoms with E-state index in [9.17, 15) is 4.79 Å². The highest BCUT2D eigenvalue weighted by atomic mass is 16.1. The Kier molecular flexibility index (Phi) is 3.23. The van der Waals surface area contributed by atoms with Gasteiger partial charge in [-0.05, 0) is 19.9 Å². The summed E-state index contributed by atoms with van der Waals surface area (Å²) in [6.45, 7) is 6.00. The fourth-order valence-corrected chi connectivity index (χ4v) is 2.48. The molecule has 0 bridgehead atoms. The minimum atomic E-state index is -0.238. The minimum Gasteiger partial charge on any atom is -0.336 e. The molecule has 1 aliphatic heterocycles. The van der Waals surface area contributed by atoms with Crippen molar-refractivity contribution in [3.8, 4) is 11.5 Å². The fourth-order valence-electron chi connectivity index (χ4n) is 2.48. The Morgan fingerprint density at radius 2 is 1.90 bits per heavy atom. The molecule has 0 radical (unpaired) electrons. The Morgan fingerprint density at radius 1 is 1.15 bits per heavy atom. The Balaban J connectivity index is 1.83. The molecule has 8 nitrogen and oxygen atoms in total. The molecule has 1 fully saturated rings. The second-order valence-corrected chi connectivity index (χ2v) is 5.16. The highest BCUT2D eigenvalue weighted by Gasteiger charge is 2.23. The molecule has 3 N–H and O–H groups in total. The quantitative estimate of drug-likeness (QED) is 0.698. The summed E-state index contributed by atoms with van der Waals surface area (Å²) in [7, 11) is 0. The van der Waals surface area contributed by atoms with Gasteiger partial charge in [0.2, 0.25) is 5.95 Å². The van der Waals surface area contributed by atoms with Crippen molar-refractivity contribution in [1.82, 2.24) is 30.7 Å². The summed E-state index contributed by atoms with van der Waals surface area (Å²) < 4.78 is 0. The normalized spacial score (nSPS) is 23.0. The number of aromatic amines is 2. The lowest BCUT2D eigenvalue weighted by molar-refractivity contribution is 0.403. The number of nitrogens with zero attached hydrogens (tertiary/aromatic N) is 4. The molecule has 3 heterocycles. The van der Waals surface area contributed by atoms with E-state index < -0.39 is 0 Å². The predicted octanol–water partition coefficient (Wildman–Crippen LogP) is -0.258. The summed E-state index contributed by atoms with van der Waals surface area (Å²) in [5.41, 5.74) is 0.331. The molecule has 0 amide bonds. The van der Waals surface area contributed by atoms with Crippen LogP contribution in [-0.4, -0.2) is 50.6 Å². The van der Waals surface area contributed by atoms with E-state index in [-0.39, 0.29) is 5.56 Å². The molecule has 20 heavy (non-hydrogen) atoms. The van der Waals surface area contributed by atoms with Crippen LogP contribution in [0.15, 0.2) is 16.9 Å². The van der Waals surface area contributed by atoms with Crippen LogP contribution in [-0.2, 0) is 0 Å². The summed E-state index contributed by atoms with van der Waals surface area (Å²) in [4.78, 5) is 17.6. The molecule has 0 saturated carbocycles. The van der Waals surface area contributed by atoms with Crippen molar-refractivity contribution in [3.05, 3.63) is 22.5 Å². The van der Waals surface area contributed by atoms with Gasteiger partial charge in [-0.3, -0.25) is 9.89 Å². The SMILES string of the molecule is CC1CN(c2n[nH]c(-c3ccc(=O)[nH]n3)n2)CC(C)N1. The molecule has 1 saturated heterocycles. The van der Waals surface area contributed by atoms with Crippen molar-refractivity contribution >= 4 is 5.95 Å². The van der Waals surface area contributed by atoms with Crippen molar-refractivity contribution < 1.29 is 0 Å². The molecular weight excluding hydrogens is 258 g/mol. The zero-order chi connectivity index (χ0) is 14.1. The smallest absolute Gasteiger partial charge is 0.264 e. The first-order chi connectivity index (χ1) is 9.61. The van der Waals surface area contributed by atoms with E-state index in [1.165, 1.54) is 6.07 Å². The van der Waals surface area contributed by atoms with Gasteiger partial charge in [-0.25, -0.2) is 5.10 Å². The maximum absolute atomic E-state index is 11.0. The van der Waals surface area contributed by atoms with E-state index in [4.69, 9.17) is 0 Å². The third kappa shape index (κ3) is 2.55. The third-order valence-corrected chi connectivity index (χ3v) is 3.24. The highest BCUT2D eigenvalue weighted by molar-refractivity contribution is 5.50. The summed E-state index contributed by atoms with van der Waals surface area (Å²) in [6.07, 6.45) is 0. The van der Waals surface area contributed by atoms with Gasteiger partial charge in [0, 0.05) is 31.2 Å². The van der Waals surface area contributed by atoms with E-state index in [0.717, 1.165) is 13.1 Å². The van der Waals surface area contributed by atoms with Gasteiger partial charge in [-0.15, -0.1) is 5.10 Å². The van der Waals surface area contributed by atoms with Gasteiger partial charge in [-0.1, -0.05) is 0 Å². The Hall–Kier alpha value is -2.22. The second-order valence-electron chi connectivity index (χ2n) is 5.16. The average molecular weight is 275 g/mol. The number of hydrogen-bond acceptors (Lipinski definition) is 6. The van der Waals surface area contributed by atoms with Crippen LogP contribution in [0.2, 0.25) is 0 Å². The summed E-state index contributed by atoms with van der Waals surface area (Å²) in [6, 6.07) is 3.82. The Morgan fingerprint density at radius 3 is 2.55 bits per heavy atom. The molecular formula is C12H17N7O. The van der Waals surface area contributed by atoms with Crippen LogP contribution in [0.3, 0.4) is 0 Å². The lowest BCUT2D eigenvalue weighted by atomic mass is 10.1. The topological polar surface area (TPSA) is 103 Å². The number of aromatic nitrogens is 5. The molecule has 2 atom stereocenters. The fraction of sp³-hybridized carbons (Fsp3) is 0.500. The maximum Gasteiger partial charge on any atom is 0.264 e.